The molecular weight excluding hydrogens is 290 g/mol. The Labute approximate surface area is 126 Å². The molecule has 0 aromatic heterocycles. The van der Waals surface area contributed by atoms with E-state index in [1.807, 2.05) is 13.0 Å². The maximum absolute atomic E-state index is 12.8. The number of rotatable bonds is 8. The van der Waals surface area contributed by atoms with Crippen molar-refractivity contribution >= 4 is 15.7 Å². The van der Waals surface area contributed by atoms with Gasteiger partial charge in [0.05, 0.1) is 17.6 Å². The van der Waals surface area contributed by atoms with Crippen LogP contribution in [0.15, 0.2) is 23.1 Å². The Hall–Kier alpha value is -1.62. The van der Waals surface area contributed by atoms with Gasteiger partial charge in [-0.05, 0) is 24.1 Å². The number of sulfonamides is 1. The van der Waals surface area contributed by atoms with Crippen LogP contribution in [0.1, 0.15) is 18.9 Å². The Balaban J connectivity index is 3.21. The fraction of sp³-hybridized carbons (Fsp3) is 0.500. The number of aryl methyl sites for hydroxylation is 1. The SMILES string of the molecule is CCc1ccc(N)cc1S(=O)(=O)N(CCC#N)CCOC. The third-order valence-electron chi connectivity index (χ3n) is 3.11. The third-order valence-corrected chi connectivity index (χ3v) is 5.09. The van der Waals surface area contributed by atoms with Crippen LogP contribution in [-0.2, 0) is 21.2 Å². The molecule has 7 heteroatoms. The highest BCUT2D eigenvalue weighted by Gasteiger charge is 2.26. The minimum Gasteiger partial charge on any atom is -0.399 e. The van der Waals surface area contributed by atoms with Crippen LogP contribution in [-0.4, -0.2) is 39.5 Å². The minimum atomic E-state index is -3.69. The highest BCUT2D eigenvalue weighted by molar-refractivity contribution is 7.89. The molecule has 0 saturated heterocycles. The van der Waals surface area contributed by atoms with Crippen LogP contribution in [0, 0.1) is 11.3 Å². The maximum atomic E-state index is 12.8. The second kappa shape index (κ2) is 7.98. The fourth-order valence-corrected chi connectivity index (χ4v) is 3.72. The van der Waals surface area contributed by atoms with Crippen LogP contribution in [0.4, 0.5) is 5.69 Å². The zero-order valence-corrected chi connectivity index (χ0v) is 13.2. The quantitative estimate of drug-likeness (QED) is 0.732. The third kappa shape index (κ3) is 4.43. The highest BCUT2D eigenvalue weighted by Crippen LogP contribution is 2.23. The van der Waals surface area contributed by atoms with Crippen LogP contribution in [0.3, 0.4) is 0 Å². The van der Waals surface area contributed by atoms with Gasteiger partial charge in [0.25, 0.3) is 0 Å². The summed E-state index contributed by atoms with van der Waals surface area (Å²) in [6.45, 7) is 2.51. The maximum Gasteiger partial charge on any atom is 0.243 e. The molecule has 1 rings (SSSR count). The normalized spacial score (nSPS) is 11.5. The first-order valence-electron chi connectivity index (χ1n) is 6.71. The zero-order chi connectivity index (χ0) is 15.9. The Morgan fingerprint density at radius 2 is 2.10 bits per heavy atom. The lowest BCUT2D eigenvalue weighted by atomic mass is 10.1. The predicted octanol–water partition coefficient (Wildman–Crippen LogP) is 1.38. The molecule has 0 radical (unpaired) electrons. The number of hydrogen-bond acceptors (Lipinski definition) is 5. The van der Waals surface area contributed by atoms with Crippen molar-refractivity contribution in [2.24, 2.45) is 0 Å². The van der Waals surface area contributed by atoms with Gasteiger partial charge in [0.1, 0.15) is 0 Å². The number of nitrogens with zero attached hydrogens (tertiary/aromatic N) is 2. The zero-order valence-electron chi connectivity index (χ0n) is 12.4. The van der Waals surface area contributed by atoms with Crippen molar-refractivity contribution in [3.05, 3.63) is 23.8 Å². The van der Waals surface area contributed by atoms with Gasteiger partial charge in [-0.2, -0.15) is 9.57 Å². The summed E-state index contributed by atoms with van der Waals surface area (Å²) < 4.78 is 31.8. The molecule has 6 nitrogen and oxygen atoms in total. The van der Waals surface area contributed by atoms with Gasteiger partial charge in [0.2, 0.25) is 10.0 Å². The largest absolute Gasteiger partial charge is 0.399 e. The van der Waals surface area contributed by atoms with Crippen molar-refractivity contribution < 1.29 is 13.2 Å². The second-order valence-electron chi connectivity index (χ2n) is 4.53. The lowest BCUT2D eigenvalue weighted by molar-refractivity contribution is 0.179. The molecule has 0 aliphatic heterocycles. The first-order chi connectivity index (χ1) is 9.97. The molecule has 0 heterocycles. The van der Waals surface area contributed by atoms with E-state index in [1.165, 1.54) is 17.5 Å². The Morgan fingerprint density at radius 1 is 1.38 bits per heavy atom. The molecule has 1 aromatic carbocycles. The van der Waals surface area contributed by atoms with Crippen LogP contribution in [0.5, 0.6) is 0 Å². The molecular formula is C14H21N3O3S. The second-order valence-corrected chi connectivity index (χ2v) is 6.43. The van der Waals surface area contributed by atoms with Gasteiger partial charge in [-0.1, -0.05) is 13.0 Å². The van der Waals surface area contributed by atoms with Crippen LogP contribution in [0.25, 0.3) is 0 Å². The summed E-state index contributed by atoms with van der Waals surface area (Å²) in [6.07, 6.45) is 0.720. The molecule has 0 aliphatic rings. The summed E-state index contributed by atoms with van der Waals surface area (Å²) >= 11 is 0. The van der Waals surface area contributed by atoms with Crippen molar-refractivity contribution in [3.8, 4) is 6.07 Å². The molecule has 0 bridgehead atoms. The number of methoxy groups -OCH3 is 1. The van der Waals surface area contributed by atoms with E-state index in [1.54, 1.807) is 12.1 Å². The van der Waals surface area contributed by atoms with E-state index >= 15 is 0 Å². The molecule has 0 amide bonds. The van der Waals surface area contributed by atoms with Crippen molar-refractivity contribution in [3.63, 3.8) is 0 Å². The Kier molecular flexibility index (Phi) is 6.62. The number of nitrogen functional groups attached to an aromatic ring is 1. The molecule has 116 valence electrons. The van der Waals surface area contributed by atoms with Gasteiger partial charge in [0.15, 0.2) is 0 Å². The van der Waals surface area contributed by atoms with E-state index in [9.17, 15) is 8.42 Å². The fourth-order valence-electron chi connectivity index (χ4n) is 1.96. The van der Waals surface area contributed by atoms with E-state index in [4.69, 9.17) is 15.7 Å². The summed E-state index contributed by atoms with van der Waals surface area (Å²) in [6, 6.07) is 6.85. The van der Waals surface area contributed by atoms with Gasteiger partial charge >= 0.3 is 0 Å². The molecule has 0 spiro atoms. The topological polar surface area (TPSA) is 96.4 Å². The van der Waals surface area contributed by atoms with Crippen molar-refractivity contribution in [2.45, 2.75) is 24.7 Å². The number of hydrogen-bond donors (Lipinski definition) is 1. The Morgan fingerprint density at radius 3 is 2.67 bits per heavy atom. The highest BCUT2D eigenvalue weighted by atomic mass is 32.2. The summed E-state index contributed by atoms with van der Waals surface area (Å²) in [4.78, 5) is 0.207. The summed E-state index contributed by atoms with van der Waals surface area (Å²) in [7, 11) is -2.18. The van der Waals surface area contributed by atoms with Crippen molar-refractivity contribution in [1.29, 1.82) is 5.26 Å². The molecule has 0 fully saturated rings. The lowest BCUT2D eigenvalue weighted by Gasteiger charge is -2.22. The molecule has 1 aromatic rings. The minimum absolute atomic E-state index is 0.132. The first kappa shape index (κ1) is 17.4. The molecule has 2 N–H and O–H groups in total. The Bertz CT molecular complexity index is 608. The van der Waals surface area contributed by atoms with Gasteiger partial charge in [-0.3, -0.25) is 0 Å². The van der Waals surface area contributed by atoms with Crippen LogP contribution in [0.2, 0.25) is 0 Å². The molecule has 0 aliphatic carbocycles. The summed E-state index contributed by atoms with van der Waals surface area (Å²) in [5.41, 5.74) is 6.83. The number of nitrogens with two attached hydrogens (primary N) is 1. The van der Waals surface area contributed by atoms with Crippen LogP contribution < -0.4 is 5.73 Å². The smallest absolute Gasteiger partial charge is 0.243 e. The van der Waals surface area contributed by atoms with E-state index in [2.05, 4.69) is 0 Å². The van der Waals surface area contributed by atoms with Crippen molar-refractivity contribution in [1.82, 2.24) is 4.31 Å². The first-order valence-corrected chi connectivity index (χ1v) is 8.15. The average molecular weight is 311 g/mol. The number of anilines is 1. The number of benzene rings is 1. The standard InChI is InChI=1S/C14H21N3O3S/c1-3-12-5-6-13(16)11-14(12)21(18,19)17(8-4-7-15)9-10-20-2/h5-6,11H,3-4,8-10,16H2,1-2H3. The molecule has 21 heavy (non-hydrogen) atoms. The van der Waals surface area contributed by atoms with Gasteiger partial charge in [-0.15, -0.1) is 0 Å². The van der Waals surface area contributed by atoms with E-state index in [0.29, 0.717) is 17.7 Å². The number of ether oxygens (including phenoxy) is 1. The van der Waals surface area contributed by atoms with Crippen molar-refractivity contribution in [2.75, 3.05) is 32.5 Å². The van der Waals surface area contributed by atoms with Gasteiger partial charge in [-0.25, -0.2) is 8.42 Å². The van der Waals surface area contributed by atoms with Gasteiger partial charge < -0.3 is 10.5 Å². The summed E-state index contributed by atoms with van der Waals surface area (Å²) in [5.74, 6) is 0. The molecule has 0 atom stereocenters. The summed E-state index contributed by atoms with van der Waals surface area (Å²) in [5, 5.41) is 8.70. The van der Waals surface area contributed by atoms with E-state index < -0.39 is 10.0 Å². The number of nitriles is 1. The average Bonchev–Trinajstić information content (AvgIpc) is 2.47. The lowest BCUT2D eigenvalue weighted by Crippen LogP contribution is -2.35. The van der Waals surface area contributed by atoms with Crippen LogP contribution >= 0.6 is 0 Å². The van der Waals surface area contributed by atoms with Gasteiger partial charge in [0, 0.05) is 32.3 Å². The monoisotopic (exact) mass is 311 g/mol. The molecule has 0 unspecified atom stereocenters. The van der Waals surface area contributed by atoms with E-state index in [0.717, 1.165) is 0 Å². The molecule has 0 saturated carbocycles. The van der Waals surface area contributed by atoms with E-state index in [-0.39, 0.29) is 31.0 Å². The predicted molar refractivity (Wildman–Crippen MR) is 81.1 cm³/mol.